The van der Waals surface area contributed by atoms with Crippen molar-refractivity contribution in [3.8, 4) is 11.4 Å². The van der Waals surface area contributed by atoms with Crippen molar-refractivity contribution in [3.05, 3.63) is 65.5 Å². The fraction of sp³-hybridized carbons (Fsp3) is 0.238. The number of nitrogen functional groups attached to an aromatic ring is 1. The minimum absolute atomic E-state index is 0.0864. The lowest BCUT2D eigenvalue weighted by Crippen LogP contribution is -2.38. The van der Waals surface area contributed by atoms with Crippen molar-refractivity contribution in [2.75, 3.05) is 31.4 Å². The van der Waals surface area contributed by atoms with Crippen LogP contribution in [0.25, 0.3) is 5.69 Å². The van der Waals surface area contributed by atoms with Gasteiger partial charge < -0.3 is 20.1 Å². The molecular weight excluding hydrogens is 356 g/mol. The molecule has 0 saturated carbocycles. The molecule has 0 radical (unpaired) electrons. The van der Waals surface area contributed by atoms with Crippen LogP contribution in [0.2, 0.25) is 0 Å². The van der Waals surface area contributed by atoms with E-state index in [9.17, 15) is 4.79 Å². The summed E-state index contributed by atoms with van der Waals surface area (Å²) in [5.74, 6) is 0.661. The van der Waals surface area contributed by atoms with Crippen molar-refractivity contribution >= 4 is 17.3 Å². The molecule has 2 aromatic carbocycles. The maximum absolute atomic E-state index is 13.4. The first-order valence-electron chi connectivity index (χ1n) is 9.04. The number of carbonyl (C=O) groups excluding carboxylic acids is 1. The van der Waals surface area contributed by atoms with Gasteiger partial charge in [0.2, 0.25) is 0 Å². The number of anilines is 2. The number of nitrogens with zero attached hydrogens (tertiary/aromatic N) is 3. The number of methoxy groups -OCH3 is 2. The Morgan fingerprint density at radius 2 is 1.71 bits per heavy atom. The normalized spacial score (nSPS) is 13.5. The van der Waals surface area contributed by atoms with Crippen LogP contribution in [0.3, 0.4) is 0 Å². The van der Waals surface area contributed by atoms with Crippen LogP contribution in [0.5, 0.6) is 5.75 Å². The van der Waals surface area contributed by atoms with Gasteiger partial charge in [-0.1, -0.05) is 0 Å². The number of fused-ring (bicyclic) bond motifs is 1. The first kappa shape index (κ1) is 18.1. The zero-order valence-electron chi connectivity index (χ0n) is 15.9. The molecule has 0 fully saturated rings. The first-order chi connectivity index (χ1) is 13.6. The molecule has 0 spiro atoms. The summed E-state index contributed by atoms with van der Waals surface area (Å²) in [6.07, 6.45) is 0.709. The third-order valence-electron chi connectivity index (χ3n) is 4.90. The first-order valence-corrected chi connectivity index (χ1v) is 9.04. The maximum Gasteiger partial charge on any atom is 0.277 e. The van der Waals surface area contributed by atoms with Crippen LogP contribution in [-0.4, -0.2) is 36.5 Å². The molecule has 1 aromatic heterocycles. The zero-order chi connectivity index (χ0) is 19.7. The summed E-state index contributed by atoms with van der Waals surface area (Å²) >= 11 is 0. The molecule has 4 rings (SSSR count). The van der Waals surface area contributed by atoms with Crippen LogP contribution in [0.4, 0.5) is 11.4 Å². The quantitative estimate of drug-likeness (QED) is 0.691. The number of benzene rings is 2. The van der Waals surface area contributed by atoms with E-state index >= 15 is 0 Å². The highest BCUT2D eigenvalue weighted by atomic mass is 16.5. The Kier molecular flexibility index (Phi) is 4.75. The highest BCUT2D eigenvalue weighted by Crippen LogP contribution is 2.29. The second-order valence-corrected chi connectivity index (χ2v) is 6.62. The zero-order valence-corrected chi connectivity index (χ0v) is 15.9. The Hall–Kier alpha value is -3.32. The molecule has 0 unspecified atom stereocenters. The minimum Gasteiger partial charge on any atom is -0.497 e. The molecular formula is C21H22N4O3. The Bertz CT molecular complexity index is 994. The van der Waals surface area contributed by atoms with E-state index in [4.69, 9.17) is 15.2 Å². The molecule has 0 aliphatic carbocycles. The fourth-order valence-corrected chi connectivity index (χ4v) is 3.49. The van der Waals surface area contributed by atoms with Crippen LogP contribution in [0.1, 0.15) is 21.7 Å². The van der Waals surface area contributed by atoms with Crippen molar-refractivity contribution in [2.24, 2.45) is 0 Å². The molecule has 1 aliphatic heterocycles. The van der Waals surface area contributed by atoms with E-state index in [0.717, 1.165) is 28.4 Å². The summed E-state index contributed by atoms with van der Waals surface area (Å²) in [6.45, 7) is 0.946. The van der Waals surface area contributed by atoms with E-state index in [-0.39, 0.29) is 5.91 Å². The molecule has 7 heteroatoms. The summed E-state index contributed by atoms with van der Waals surface area (Å²) in [6, 6.07) is 14.8. The minimum atomic E-state index is -0.0864. The average Bonchev–Trinajstić information content (AvgIpc) is 3.09. The van der Waals surface area contributed by atoms with Crippen LogP contribution >= 0.6 is 0 Å². The number of nitrogens with two attached hydrogens (primary N) is 1. The summed E-state index contributed by atoms with van der Waals surface area (Å²) < 4.78 is 12.2. The topological polar surface area (TPSA) is 82.6 Å². The third-order valence-corrected chi connectivity index (χ3v) is 4.90. The SMILES string of the molecule is COCc1nn(-c2ccc(OC)cc2)c2c1CCN(c1ccc(N)cc1)C2=O. The van der Waals surface area contributed by atoms with E-state index in [1.54, 1.807) is 35.9 Å². The molecule has 2 N–H and O–H groups in total. The molecule has 0 bridgehead atoms. The van der Waals surface area contributed by atoms with Gasteiger partial charge in [0, 0.05) is 30.6 Å². The fourth-order valence-electron chi connectivity index (χ4n) is 3.49. The van der Waals surface area contributed by atoms with Gasteiger partial charge in [0.1, 0.15) is 11.4 Å². The number of aromatic nitrogens is 2. The third kappa shape index (κ3) is 3.10. The van der Waals surface area contributed by atoms with E-state index in [1.807, 2.05) is 36.4 Å². The number of hydrogen-bond donors (Lipinski definition) is 1. The van der Waals surface area contributed by atoms with Crippen molar-refractivity contribution in [2.45, 2.75) is 13.0 Å². The van der Waals surface area contributed by atoms with Gasteiger partial charge in [-0.25, -0.2) is 4.68 Å². The van der Waals surface area contributed by atoms with Crippen molar-refractivity contribution in [1.82, 2.24) is 9.78 Å². The number of carbonyl (C=O) groups is 1. The van der Waals surface area contributed by atoms with Gasteiger partial charge in [-0.15, -0.1) is 0 Å². The predicted molar refractivity (Wildman–Crippen MR) is 107 cm³/mol. The molecule has 1 aliphatic rings. The van der Waals surface area contributed by atoms with Gasteiger partial charge >= 0.3 is 0 Å². The van der Waals surface area contributed by atoms with Gasteiger partial charge in [0.15, 0.2) is 0 Å². The van der Waals surface area contributed by atoms with Crippen LogP contribution < -0.4 is 15.4 Å². The van der Waals surface area contributed by atoms with E-state index in [0.29, 0.717) is 31.0 Å². The summed E-state index contributed by atoms with van der Waals surface area (Å²) in [5.41, 5.74) is 10.4. The Morgan fingerprint density at radius 1 is 1.04 bits per heavy atom. The van der Waals surface area contributed by atoms with Gasteiger partial charge in [-0.2, -0.15) is 5.10 Å². The van der Waals surface area contributed by atoms with Crippen molar-refractivity contribution in [3.63, 3.8) is 0 Å². The molecule has 2 heterocycles. The van der Waals surface area contributed by atoms with Crippen LogP contribution in [-0.2, 0) is 17.8 Å². The van der Waals surface area contributed by atoms with Gasteiger partial charge in [0.05, 0.1) is 25.1 Å². The maximum atomic E-state index is 13.4. The number of amides is 1. The van der Waals surface area contributed by atoms with E-state index < -0.39 is 0 Å². The monoisotopic (exact) mass is 378 g/mol. The highest BCUT2D eigenvalue weighted by molar-refractivity contribution is 6.07. The molecule has 7 nitrogen and oxygen atoms in total. The lowest BCUT2D eigenvalue weighted by Gasteiger charge is -2.28. The van der Waals surface area contributed by atoms with Gasteiger partial charge in [0.25, 0.3) is 5.91 Å². The largest absolute Gasteiger partial charge is 0.497 e. The standard InChI is InChI=1S/C21H22N4O3/c1-27-13-19-18-11-12-24(15-5-3-14(22)4-6-15)21(26)20(18)25(23-19)16-7-9-17(28-2)10-8-16/h3-10H,11-13,22H2,1-2H3. The molecule has 28 heavy (non-hydrogen) atoms. The number of hydrogen-bond acceptors (Lipinski definition) is 5. The summed E-state index contributed by atoms with van der Waals surface area (Å²) in [5, 5.41) is 4.68. The number of ether oxygens (including phenoxy) is 2. The Morgan fingerprint density at radius 3 is 2.36 bits per heavy atom. The molecule has 0 saturated heterocycles. The summed E-state index contributed by atoms with van der Waals surface area (Å²) in [4.78, 5) is 15.2. The lowest BCUT2D eigenvalue weighted by molar-refractivity contribution is 0.0973. The Balaban J connectivity index is 1.79. The van der Waals surface area contributed by atoms with E-state index in [1.165, 1.54) is 0 Å². The molecule has 1 amide bonds. The average molecular weight is 378 g/mol. The van der Waals surface area contributed by atoms with Gasteiger partial charge in [-0.3, -0.25) is 4.79 Å². The van der Waals surface area contributed by atoms with Crippen LogP contribution in [0.15, 0.2) is 48.5 Å². The highest BCUT2D eigenvalue weighted by Gasteiger charge is 2.33. The van der Waals surface area contributed by atoms with E-state index in [2.05, 4.69) is 5.10 Å². The predicted octanol–water partition coefficient (Wildman–Crippen LogP) is 2.81. The second kappa shape index (κ2) is 7.36. The Labute approximate surface area is 163 Å². The van der Waals surface area contributed by atoms with Crippen molar-refractivity contribution < 1.29 is 14.3 Å². The van der Waals surface area contributed by atoms with Gasteiger partial charge in [-0.05, 0) is 55.0 Å². The number of rotatable bonds is 5. The van der Waals surface area contributed by atoms with Crippen LogP contribution in [0, 0.1) is 0 Å². The smallest absolute Gasteiger partial charge is 0.277 e. The summed E-state index contributed by atoms with van der Waals surface area (Å²) in [7, 11) is 3.25. The molecule has 144 valence electrons. The second-order valence-electron chi connectivity index (χ2n) is 6.62. The molecule has 3 aromatic rings. The van der Waals surface area contributed by atoms with Crippen molar-refractivity contribution in [1.29, 1.82) is 0 Å². The lowest BCUT2D eigenvalue weighted by atomic mass is 10.0. The molecule has 0 atom stereocenters.